The molecule has 1 heterocycles. The molecule has 0 aliphatic carbocycles. The van der Waals surface area contributed by atoms with Gasteiger partial charge in [-0.05, 0) is 62.9 Å². The lowest BCUT2D eigenvalue weighted by Gasteiger charge is -2.32. The Morgan fingerprint density at radius 3 is 2.68 bits per heavy atom. The standard InChI is InChI=1S/C15H20BrNO2/c1-10-7-12(16)8-11-9-17(6-5-13(10)11)14(18)19-15(2,3)4/h7-8H,5-6,9H2,1-4H3. The molecule has 0 unspecified atom stereocenters. The summed E-state index contributed by atoms with van der Waals surface area (Å²) in [5, 5.41) is 0. The summed E-state index contributed by atoms with van der Waals surface area (Å²) in [6, 6.07) is 4.22. The van der Waals surface area contributed by atoms with Gasteiger partial charge in [0.05, 0.1) is 0 Å². The highest BCUT2D eigenvalue weighted by Crippen LogP contribution is 2.27. The summed E-state index contributed by atoms with van der Waals surface area (Å²) >= 11 is 3.51. The molecule has 0 saturated heterocycles. The van der Waals surface area contributed by atoms with Crippen LogP contribution in [0, 0.1) is 6.92 Å². The summed E-state index contributed by atoms with van der Waals surface area (Å²) in [6.45, 7) is 9.15. The van der Waals surface area contributed by atoms with E-state index >= 15 is 0 Å². The Bertz CT molecular complexity index is 506. The number of fused-ring (bicyclic) bond motifs is 1. The van der Waals surface area contributed by atoms with E-state index in [9.17, 15) is 4.79 Å². The smallest absolute Gasteiger partial charge is 0.410 e. The SMILES string of the molecule is Cc1cc(Br)cc2c1CCN(C(=O)OC(C)(C)C)C2. The van der Waals surface area contributed by atoms with Crippen molar-refractivity contribution in [3.63, 3.8) is 0 Å². The quantitative estimate of drug-likeness (QED) is 0.720. The summed E-state index contributed by atoms with van der Waals surface area (Å²) in [7, 11) is 0. The first kappa shape index (κ1) is 14.4. The average molecular weight is 326 g/mol. The number of benzene rings is 1. The van der Waals surface area contributed by atoms with Gasteiger partial charge < -0.3 is 9.64 Å². The molecule has 0 saturated carbocycles. The molecule has 2 rings (SSSR count). The van der Waals surface area contributed by atoms with E-state index in [0.717, 1.165) is 17.4 Å². The highest BCUT2D eigenvalue weighted by Gasteiger charge is 2.26. The van der Waals surface area contributed by atoms with Gasteiger partial charge in [-0.15, -0.1) is 0 Å². The number of ether oxygens (including phenoxy) is 1. The van der Waals surface area contributed by atoms with Crippen molar-refractivity contribution in [3.8, 4) is 0 Å². The van der Waals surface area contributed by atoms with Crippen LogP contribution in [0.3, 0.4) is 0 Å². The zero-order chi connectivity index (χ0) is 14.2. The topological polar surface area (TPSA) is 29.5 Å². The van der Waals surface area contributed by atoms with Gasteiger partial charge in [-0.1, -0.05) is 15.9 Å². The molecule has 19 heavy (non-hydrogen) atoms. The number of rotatable bonds is 0. The van der Waals surface area contributed by atoms with Crippen molar-refractivity contribution in [2.75, 3.05) is 6.54 Å². The number of carbonyl (C=O) groups is 1. The Morgan fingerprint density at radius 1 is 1.37 bits per heavy atom. The third-order valence-electron chi connectivity index (χ3n) is 3.17. The molecule has 0 fully saturated rings. The molecule has 0 spiro atoms. The molecule has 0 radical (unpaired) electrons. The fraction of sp³-hybridized carbons (Fsp3) is 0.533. The second kappa shape index (κ2) is 5.16. The number of amides is 1. The second-order valence-electron chi connectivity index (χ2n) is 6.01. The Labute approximate surface area is 123 Å². The van der Waals surface area contributed by atoms with E-state index in [2.05, 4.69) is 35.0 Å². The average Bonchev–Trinajstić information content (AvgIpc) is 2.25. The van der Waals surface area contributed by atoms with Crippen LogP contribution < -0.4 is 0 Å². The molecule has 0 bridgehead atoms. The van der Waals surface area contributed by atoms with Gasteiger partial charge in [0.1, 0.15) is 5.60 Å². The third kappa shape index (κ3) is 3.50. The molecular formula is C15H20BrNO2. The van der Waals surface area contributed by atoms with Gasteiger partial charge in [-0.25, -0.2) is 4.79 Å². The van der Waals surface area contributed by atoms with Gasteiger partial charge in [0.2, 0.25) is 0 Å². The number of carbonyl (C=O) groups excluding carboxylic acids is 1. The Morgan fingerprint density at radius 2 is 2.05 bits per heavy atom. The maximum Gasteiger partial charge on any atom is 0.410 e. The van der Waals surface area contributed by atoms with E-state index in [1.54, 1.807) is 4.90 Å². The van der Waals surface area contributed by atoms with Crippen molar-refractivity contribution in [1.82, 2.24) is 4.90 Å². The first-order chi connectivity index (χ1) is 8.76. The third-order valence-corrected chi connectivity index (χ3v) is 3.63. The van der Waals surface area contributed by atoms with Gasteiger partial charge in [0.25, 0.3) is 0 Å². The molecule has 0 N–H and O–H groups in total. The van der Waals surface area contributed by atoms with Crippen LogP contribution in [0.5, 0.6) is 0 Å². The van der Waals surface area contributed by atoms with E-state index in [4.69, 9.17) is 4.74 Å². The van der Waals surface area contributed by atoms with Crippen LogP contribution in [0.1, 0.15) is 37.5 Å². The molecule has 1 amide bonds. The molecule has 1 aromatic carbocycles. The zero-order valence-electron chi connectivity index (χ0n) is 11.9. The molecule has 0 atom stereocenters. The van der Waals surface area contributed by atoms with Crippen LogP contribution in [0.15, 0.2) is 16.6 Å². The van der Waals surface area contributed by atoms with Crippen molar-refractivity contribution in [1.29, 1.82) is 0 Å². The summed E-state index contributed by atoms with van der Waals surface area (Å²) in [5.41, 5.74) is 3.42. The van der Waals surface area contributed by atoms with E-state index in [0.29, 0.717) is 6.54 Å². The lowest BCUT2D eigenvalue weighted by atomic mass is 9.95. The molecule has 0 aromatic heterocycles. The van der Waals surface area contributed by atoms with Crippen molar-refractivity contribution in [3.05, 3.63) is 33.3 Å². The van der Waals surface area contributed by atoms with E-state index in [1.165, 1.54) is 16.7 Å². The van der Waals surface area contributed by atoms with Crippen LogP contribution in [-0.4, -0.2) is 23.1 Å². The molecule has 4 heteroatoms. The van der Waals surface area contributed by atoms with Crippen LogP contribution in [0.4, 0.5) is 4.79 Å². The van der Waals surface area contributed by atoms with Gasteiger partial charge in [0, 0.05) is 17.6 Å². The Kier molecular flexibility index (Phi) is 3.90. The lowest BCUT2D eigenvalue weighted by molar-refractivity contribution is 0.0223. The fourth-order valence-corrected chi connectivity index (χ4v) is 2.97. The van der Waals surface area contributed by atoms with Gasteiger partial charge in [0.15, 0.2) is 0 Å². The molecule has 1 aliphatic rings. The van der Waals surface area contributed by atoms with E-state index in [-0.39, 0.29) is 6.09 Å². The summed E-state index contributed by atoms with van der Waals surface area (Å²) in [6.07, 6.45) is 0.670. The number of nitrogens with zero attached hydrogens (tertiary/aromatic N) is 1. The van der Waals surface area contributed by atoms with Crippen LogP contribution in [-0.2, 0) is 17.7 Å². The van der Waals surface area contributed by atoms with Crippen molar-refractivity contribution in [2.24, 2.45) is 0 Å². The fourth-order valence-electron chi connectivity index (χ4n) is 2.35. The lowest BCUT2D eigenvalue weighted by Crippen LogP contribution is -2.40. The second-order valence-corrected chi connectivity index (χ2v) is 6.93. The molecule has 3 nitrogen and oxygen atoms in total. The van der Waals surface area contributed by atoms with E-state index in [1.807, 2.05) is 20.8 Å². The minimum absolute atomic E-state index is 0.226. The normalized spacial score (nSPS) is 15.1. The number of aryl methyl sites for hydroxylation is 1. The predicted octanol–water partition coefficient (Wildman–Crippen LogP) is 4.05. The van der Waals surface area contributed by atoms with Crippen molar-refractivity contribution < 1.29 is 9.53 Å². The summed E-state index contributed by atoms with van der Waals surface area (Å²) < 4.78 is 6.49. The minimum atomic E-state index is -0.440. The molecular weight excluding hydrogens is 306 g/mol. The van der Waals surface area contributed by atoms with Crippen LogP contribution in [0.2, 0.25) is 0 Å². The summed E-state index contributed by atoms with van der Waals surface area (Å²) in [4.78, 5) is 13.9. The summed E-state index contributed by atoms with van der Waals surface area (Å²) in [5.74, 6) is 0. The number of halogens is 1. The van der Waals surface area contributed by atoms with E-state index < -0.39 is 5.60 Å². The Balaban J connectivity index is 2.16. The minimum Gasteiger partial charge on any atom is -0.444 e. The molecule has 1 aromatic rings. The van der Waals surface area contributed by atoms with Gasteiger partial charge in [-0.2, -0.15) is 0 Å². The van der Waals surface area contributed by atoms with Crippen molar-refractivity contribution in [2.45, 2.75) is 46.3 Å². The van der Waals surface area contributed by atoms with Crippen molar-refractivity contribution >= 4 is 22.0 Å². The first-order valence-corrected chi connectivity index (χ1v) is 7.31. The first-order valence-electron chi connectivity index (χ1n) is 6.52. The maximum absolute atomic E-state index is 12.1. The largest absolute Gasteiger partial charge is 0.444 e. The highest BCUT2D eigenvalue weighted by atomic mass is 79.9. The van der Waals surface area contributed by atoms with Crippen LogP contribution >= 0.6 is 15.9 Å². The van der Waals surface area contributed by atoms with Crippen LogP contribution in [0.25, 0.3) is 0 Å². The molecule has 104 valence electrons. The number of hydrogen-bond acceptors (Lipinski definition) is 2. The zero-order valence-corrected chi connectivity index (χ0v) is 13.5. The van der Waals surface area contributed by atoms with Gasteiger partial charge >= 0.3 is 6.09 Å². The maximum atomic E-state index is 12.1. The monoisotopic (exact) mass is 325 g/mol. The van der Waals surface area contributed by atoms with Gasteiger partial charge in [-0.3, -0.25) is 0 Å². The molecule has 1 aliphatic heterocycles. The Hall–Kier alpha value is -1.03. The predicted molar refractivity (Wildman–Crippen MR) is 79.2 cm³/mol. The number of hydrogen-bond donors (Lipinski definition) is 0. The highest BCUT2D eigenvalue weighted by molar-refractivity contribution is 9.10.